The Kier molecular flexibility index (Phi) is 10.0. The third kappa shape index (κ3) is 6.41. The van der Waals surface area contributed by atoms with Crippen LogP contribution in [0.3, 0.4) is 0 Å². The van der Waals surface area contributed by atoms with E-state index in [1.54, 1.807) is 0 Å². The van der Waals surface area contributed by atoms with Gasteiger partial charge in [0.15, 0.2) is 28.7 Å². The first-order chi connectivity index (χ1) is 25.8. The van der Waals surface area contributed by atoms with Crippen molar-refractivity contribution in [1.82, 2.24) is 0 Å². The number of carbonyl (C=O) groups is 3. The van der Waals surface area contributed by atoms with Gasteiger partial charge in [-0.3, -0.25) is 14.1 Å². The Balaban J connectivity index is 1.13. The first kappa shape index (κ1) is 37.4. The molecule has 292 valence electrons. The molecular formula is C39H42F4O10S. The molecule has 54 heavy (non-hydrogen) atoms. The predicted molar refractivity (Wildman–Crippen MR) is 180 cm³/mol. The lowest BCUT2D eigenvalue weighted by Crippen LogP contribution is -2.48. The molecule has 15 heteroatoms. The summed E-state index contributed by atoms with van der Waals surface area (Å²) in [7, 11) is -5.76. The molecule has 6 fully saturated rings. The number of hydrogen-bond donors (Lipinski definition) is 1. The van der Waals surface area contributed by atoms with Crippen molar-refractivity contribution in [3.05, 3.63) is 57.7 Å². The van der Waals surface area contributed by atoms with Gasteiger partial charge in [-0.15, -0.1) is 0 Å². The van der Waals surface area contributed by atoms with Crippen LogP contribution in [0.25, 0.3) is 0 Å². The van der Waals surface area contributed by atoms with Crippen LogP contribution in [0.15, 0.2) is 17.0 Å². The fourth-order valence-corrected chi connectivity index (χ4v) is 10.7. The van der Waals surface area contributed by atoms with Gasteiger partial charge in [0.1, 0.15) is 24.0 Å². The number of halogens is 4. The molecular weight excluding hydrogens is 736 g/mol. The summed E-state index contributed by atoms with van der Waals surface area (Å²) in [5.41, 5.74) is 3.65. The summed E-state index contributed by atoms with van der Waals surface area (Å²) in [6, 6.07) is 4.40. The Morgan fingerprint density at radius 3 is 1.70 bits per heavy atom. The largest absolute Gasteiger partial charge is 0.455 e. The van der Waals surface area contributed by atoms with E-state index in [1.165, 1.54) is 12.0 Å². The summed E-state index contributed by atoms with van der Waals surface area (Å²) in [4.78, 5) is 39.0. The zero-order valence-corrected chi connectivity index (χ0v) is 30.3. The standard InChI is InChI=1S/C39H42F4O10S/c40-27-29(42)36(54(47,48)49)30(43)28(41)33(27)51-38(45)25-26-32-35(53-39(26)46)34(31(25)50-32)52-37(44)24-22(19-12-6-2-7-13-19)16-21(18-10-4-1-5-11-18)17-23(24)20-14-8-3-9-15-20/h16-20,25-26,31-32,34-35H,1-15H2,(H,47,48,49). The topological polar surface area (TPSA) is 142 Å². The van der Waals surface area contributed by atoms with Crippen LogP contribution in [0.5, 0.6) is 5.75 Å². The van der Waals surface area contributed by atoms with E-state index in [9.17, 15) is 40.4 Å². The second-order valence-electron chi connectivity index (χ2n) is 15.8. The predicted octanol–water partition coefficient (Wildman–Crippen LogP) is 7.70. The highest BCUT2D eigenvalue weighted by atomic mass is 32.2. The molecule has 3 saturated heterocycles. The van der Waals surface area contributed by atoms with Gasteiger partial charge in [0.2, 0.25) is 17.4 Å². The van der Waals surface area contributed by atoms with Gasteiger partial charge in [-0.1, -0.05) is 69.9 Å². The molecule has 2 aromatic carbocycles. The molecule has 6 atom stereocenters. The maximum absolute atomic E-state index is 14.9. The van der Waals surface area contributed by atoms with E-state index in [4.69, 9.17) is 23.5 Å². The van der Waals surface area contributed by atoms with Crippen LogP contribution in [0.1, 0.15) is 141 Å². The maximum atomic E-state index is 14.9. The van der Waals surface area contributed by atoms with E-state index in [-0.39, 0.29) is 11.8 Å². The molecule has 10 nitrogen and oxygen atoms in total. The number of hydrogen-bond acceptors (Lipinski definition) is 9. The monoisotopic (exact) mass is 778 g/mol. The van der Waals surface area contributed by atoms with Gasteiger partial charge in [-0.05, 0) is 73.0 Å². The molecule has 2 aromatic rings. The molecule has 3 aliphatic carbocycles. The van der Waals surface area contributed by atoms with Crippen molar-refractivity contribution < 1.29 is 63.9 Å². The molecule has 0 spiro atoms. The smallest absolute Gasteiger partial charge is 0.339 e. The highest BCUT2D eigenvalue weighted by Gasteiger charge is 2.72. The molecule has 3 saturated carbocycles. The molecule has 8 rings (SSSR count). The third-order valence-corrected chi connectivity index (χ3v) is 13.5. The number of rotatable bonds is 8. The summed E-state index contributed by atoms with van der Waals surface area (Å²) in [6.45, 7) is 0. The Morgan fingerprint density at radius 1 is 0.704 bits per heavy atom. The number of esters is 3. The lowest BCUT2D eigenvalue weighted by Gasteiger charge is -2.33. The van der Waals surface area contributed by atoms with E-state index in [0.29, 0.717) is 11.5 Å². The van der Waals surface area contributed by atoms with Gasteiger partial charge in [0.05, 0.1) is 5.56 Å². The average molecular weight is 779 g/mol. The zero-order chi connectivity index (χ0) is 38.1. The lowest BCUT2D eigenvalue weighted by molar-refractivity contribution is -0.150. The van der Waals surface area contributed by atoms with E-state index in [1.807, 2.05) is 0 Å². The third-order valence-electron chi connectivity index (χ3n) is 12.7. The van der Waals surface area contributed by atoms with Crippen LogP contribution < -0.4 is 4.74 Å². The van der Waals surface area contributed by atoms with Crippen LogP contribution >= 0.6 is 0 Å². The summed E-state index contributed by atoms with van der Waals surface area (Å²) >= 11 is 0. The van der Waals surface area contributed by atoms with Crippen LogP contribution in [-0.2, 0) is 33.9 Å². The SMILES string of the molecule is O=C(OC1C2OC(=O)C3C2OC1C3C(=O)Oc1c(F)c(F)c(S(=O)(=O)O)c(F)c1F)c1c(C2CCCCC2)cc(C2CCCCC2)cc1C1CCCCC1. The summed E-state index contributed by atoms with van der Waals surface area (Å²) < 4.78 is 113. The Hall–Kier alpha value is -3.56. The summed E-state index contributed by atoms with van der Waals surface area (Å²) in [6.07, 6.45) is 10.8. The number of ether oxygens (including phenoxy) is 4. The zero-order valence-electron chi connectivity index (χ0n) is 29.5. The maximum Gasteiger partial charge on any atom is 0.339 e. The van der Waals surface area contributed by atoms with Crippen molar-refractivity contribution in [2.75, 3.05) is 0 Å². The van der Waals surface area contributed by atoms with Crippen molar-refractivity contribution >= 4 is 28.0 Å². The molecule has 1 N–H and O–H groups in total. The van der Waals surface area contributed by atoms with Crippen LogP contribution in [0.4, 0.5) is 17.6 Å². The molecule has 3 heterocycles. The van der Waals surface area contributed by atoms with Gasteiger partial charge in [-0.25, -0.2) is 13.6 Å². The highest BCUT2D eigenvalue weighted by molar-refractivity contribution is 7.85. The minimum atomic E-state index is -5.76. The normalized spacial score (nSPS) is 29.0. The van der Waals surface area contributed by atoms with Gasteiger partial charge in [0, 0.05) is 0 Å². The molecule has 0 radical (unpaired) electrons. The summed E-state index contributed by atoms with van der Waals surface area (Å²) in [5, 5.41) is 0. The number of benzene rings is 2. The quantitative estimate of drug-likeness (QED) is 0.0932. The number of carbonyl (C=O) groups excluding carboxylic acids is 3. The Labute approximate surface area is 310 Å². The van der Waals surface area contributed by atoms with Gasteiger partial charge >= 0.3 is 28.0 Å². The van der Waals surface area contributed by atoms with Crippen LogP contribution in [0, 0.1) is 35.1 Å². The summed E-state index contributed by atoms with van der Waals surface area (Å²) in [5.74, 6) is -17.2. The molecule has 3 aliphatic heterocycles. The fraction of sp³-hybridized carbons (Fsp3) is 0.615. The van der Waals surface area contributed by atoms with Gasteiger partial charge in [0.25, 0.3) is 0 Å². The van der Waals surface area contributed by atoms with Crippen molar-refractivity contribution in [2.45, 2.75) is 143 Å². The van der Waals surface area contributed by atoms with Crippen molar-refractivity contribution in [2.24, 2.45) is 11.8 Å². The highest BCUT2D eigenvalue weighted by Crippen LogP contribution is 2.52. The average Bonchev–Trinajstić information content (AvgIpc) is 3.80. The Morgan fingerprint density at radius 2 is 1.20 bits per heavy atom. The molecule has 0 amide bonds. The van der Waals surface area contributed by atoms with Crippen molar-refractivity contribution in [3.8, 4) is 5.75 Å². The van der Waals surface area contributed by atoms with E-state index < -0.39 is 98.2 Å². The lowest BCUT2D eigenvalue weighted by atomic mass is 9.73. The molecule has 6 unspecified atom stereocenters. The first-order valence-electron chi connectivity index (χ1n) is 19.1. The fourth-order valence-electron chi connectivity index (χ4n) is 10.1. The van der Waals surface area contributed by atoms with Crippen molar-refractivity contribution in [3.63, 3.8) is 0 Å². The first-order valence-corrected chi connectivity index (χ1v) is 20.6. The number of fused-ring (bicyclic) bond motifs is 1. The van der Waals surface area contributed by atoms with Crippen molar-refractivity contribution in [1.29, 1.82) is 0 Å². The van der Waals surface area contributed by atoms with E-state index in [0.717, 1.165) is 101 Å². The second kappa shape index (κ2) is 14.5. The van der Waals surface area contributed by atoms with Gasteiger partial charge < -0.3 is 18.9 Å². The molecule has 6 aliphatic rings. The molecule has 0 aromatic heterocycles. The van der Waals surface area contributed by atoms with Crippen LogP contribution in [-0.4, -0.2) is 55.3 Å². The molecule has 2 bridgehead atoms. The van der Waals surface area contributed by atoms with E-state index >= 15 is 0 Å². The minimum Gasteiger partial charge on any atom is -0.455 e. The van der Waals surface area contributed by atoms with Crippen LogP contribution in [0.2, 0.25) is 0 Å². The van der Waals surface area contributed by atoms with Gasteiger partial charge in [-0.2, -0.15) is 17.2 Å². The Bertz CT molecular complexity index is 1900. The minimum absolute atomic E-state index is 0.137. The van der Waals surface area contributed by atoms with E-state index in [2.05, 4.69) is 12.1 Å². The second-order valence-corrected chi connectivity index (χ2v) is 17.1.